The zero-order valence-electron chi connectivity index (χ0n) is 11.4. The first-order chi connectivity index (χ1) is 8.76. The smallest absolute Gasteiger partial charge is 0.108 e. The summed E-state index contributed by atoms with van der Waals surface area (Å²) in [6.45, 7) is 0. The predicted molar refractivity (Wildman–Crippen MR) is 71.9 cm³/mol. The molecule has 0 N–H and O–H groups in total. The number of hydrogen-bond donors (Lipinski definition) is 0. The van der Waals surface area contributed by atoms with Crippen molar-refractivity contribution < 1.29 is 0 Å². The fraction of sp³-hybridized carbons (Fsp3) is 0.733. The Balaban J connectivity index is 1.98. The summed E-state index contributed by atoms with van der Waals surface area (Å²) in [4.78, 5) is 4.36. The highest BCUT2D eigenvalue weighted by atomic mass is 15.0. The summed E-state index contributed by atoms with van der Waals surface area (Å²) in [7, 11) is 2.03. The van der Waals surface area contributed by atoms with Gasteiger partial charge >= 0.3 is 0 Å². The van der Waals surface area contributed by atoms with Gasteiger partial charge in [0, 0.05) is 25.9 Å². The fourth-order valence-electron chi connectivity index (χ4n) is 2.99. The third kappa shape index (κ3) is 3.13. The second kappa shape index (κ2) is 6.04. The number of aromatic nitrogens is 2. The summed E-state index contributed by atoms with van der Waals surface area (Å²) in [5.41, 5.74) is -0.0909. The molecule has 3 heteroatoms. The van der Waals surface area contributed by atoms with Gasteiger partial charge in [0.25, 0.3) is 0 Å². The highest BCUT2D eigenvalue weighted by Gasteiger charge is 2.30. The Labute approximate surface area is 110 Å². The maximum Gasteiger partial charge on any atom is 0.108 e. The minimum absolute atomic E-state index is 0.0909. The number of nitriles is 1. The third-order valence-electron chi connectivity index (χ3n) is 4.30. The maximum absolute atomic E-state index is 9.58. The lowest BCUT2D eigenvalue weighted by Gasteiger charge is -2.28. The molecule has 0 unspecified atom stereocenters. The minimum Gasteiger partial charge on any atom is -0.338 e. The summed E-state index contributed by atoms with van der Waals surface area (Å²) in [5.74, 6) is 1.10. The van der Waals surface area contributed by atoms with Crippen molar-refractivity contribution in [2.24, 2.45) is 12.5 Å². The third-order valence-corrected chi connectivity index (χ3v) is 4.30. The average Bonchev–Trinajstić information content (AvgIpc) is 2.75. The van der Waals surface area contributed by atoms with Crippen LogP contribution in [0.15, 0.2) is 12.4 Å². The second-order valence-electron chi connectivity index (χ2n) is 5.61. The molecule has 1 saturated carbocycles. The van der Waals surface area contributed by atoms with Crippen LogP contribution in [0.5, 0.6) is 0 Å². The molecule has 3 nitrogen and oxygen atoms in total. The van der Waals surface area contributed by atoms with Gasteiger partial charge in [-0.25, -0.2) is 4.98 Å². The summed E-state index contributed by atoms with van der Waals surface area (Å²) in [6.07, 6.45) is 14.2. The number of nitrogens with zero attached hydrogens (tertiary/aromatic N) is 3. The Kier molecular flexibility index (Phi) is 4.41. The lowest BCUT2D eigenvalue weighted by molar-refractivity contribution is 0.268. The quantitative estimate of drug-likeness (QED) is 0.816. The molecule has 0 aliphatic heterocycles. The van der Waals surface area contributed by atoms with Gasteiger partial charge in [-0.3, -0.25) is 0 Å². The lowest BCUT2D eigenvalue weighted by Crippen LogP contribution is -2.21. The van der Waals surface area contributed by atoms with E-state index in [1.54, 1.807) is 0 Å². The Hall–Kier alpha value is -1.30. The van der Waals surface area contributed by atoms with E-state index in [1.807, 2.05) is 19.4 Å². The van der Waals surface area contributed by atoms with Crippen molar-refractivity contribution in [2.45, 2.75) is 57.8 Å². The molecule has 1 aromatic heterocycles. The van der Waals surface area contributed by atoms with Crippen molar-refractivity contribution in [3.05, 3.63) is 18.2 Å². The summed E-state index contributed by atoms with van der Waals surface area (Å²) >= 11 is 0. The van der Waals surface area contributed by atoms with Crippen molar-refractivity contribution in [2.75, 3.05) is 0 Å². The Bertz CT molecular complexity index is 406. The molecule has 1 aliphatic rings. The molecule has 1 aliphatic carbocycles. The monoisotopic (exact) mass is 245 g/mol. The van der Waals surface area contributed by atoms with Crippen LogP contribution in [-0.4, -0.2) is 9.55 Å². The Morgan fingerprint density at radius 1 is 1.28 bits per heavy atom. The van der Waals surface area contributed by atoms with E-state index < -0.39 is 0 Å². The highest BCUT2D eigenvalue weighted by molar-refractivity contribution is 5.02. The maximum atomic E-state index is 9.58. The lowest BCUT2D eigenvalue weighted by atomic mass is 9.74. The van der Waals surface area contributed by atoms with Gasteiger partial charge in [0.15, 0.2) is 0 Å². The molecule has 0 saturated heterocycles. The van der Waals surface area contributed by atoms with E-state index in [2.05, 4.69) is 15.6 Å². The SMILES string of the molecule is Cn1ccnc1CCC1(C#N)CCCCCCC1. The van der Waals surface area contributed by atoms with E-state index in [1.165, 1.54) is 32.1 Å². The molecule has 98 valence electrons. The second-order valence-corrected chi connectivity index (χ2v) is 5.61. The van der Waals surface area contributed by atoms with Crippen molar-refractivity contribution in [1.82, 2.24) is 9.55 Å². The van der Waals surface area contributed by atoms with Crippen LogP contribution in [0.4, 0.5) is 0 Å². The van der Waals surface area contributed by atoms with Gasteiger partial charge in [0.05, 0.1) is 11.5 Å². The standard InChI is InChI=1S/C15H23N3/c1-18-12-11-17-14(18)7-10-15(13-16)8-5-3-2-4-6-9-15/h11-12H,2-10H2,1H3. The van der Waals surface area contributed by atoms with Crippen LogP contribution in [0, 0.1) is 16.7 Å². The molecule has 1 heterocycles. The molecule has 0 bridgehead atoms. The average molecular weight is 245 g/mol. The van der Waals surface area contributed by atoms with E-state index in [-0.39, 0.29) is 5.41 Å². The first kappa shape index (κ1) is 13.1. The van der Waals surface area contributed by atoms with E-state index in [4.69, 9.17) is 0 Å². The molecule has 0 amide bonds. The zero-order valence-corrected chi connectivity index (χ0v) is 11.4. The van der Waals surface area contributed by atoms with Gasteiger partial charge in [-0.05, 0) is 19.3 Å². The first-order valence-corrected chi connectivity index (χ1v) is 7.13. The zero-order chi connectivity index (χ0) is 12.8. The fourth-order valence-corrected chi connectivity index (χ4v) is 2.99. The highest BCUT2D eigenvalue weighted by Crippen LogP contribution is 2.37. The van der Waals surface area contributed by atoms with Gasteiger partial charge in [-0.2, -0.15) is 5.26 Å². The van der Waals surface area contributed by atoms with Crippen molar-refractivity contribution in [1.29, 1.82) is 5.26 Å². The predicted octanol–water partition coefficient (Wildman–Crippen LogP) is 3.61. The topological polar surface area (TPSA) is 41.6 Å². The number of aryl methyl sites for hydroxylation is 2. The van der Waals surface area contributed by atoms with E-state index in [0.717, 1.165) is 31.5 Å². The number of hydrogen-bond acceptors (Lipinski definition) is 2. The largest absolute Gasteiger partial charge is 0.338 e. The van der Waals surface area contributed by atoms with Crippen LogP contribution in [0.25, 0.3) is 0 Å². The van der Waals surface area contributed by atoms with Crippen LogP contribution in [-0.2, 0) is 13.5 Å². The van der Waals surface area contributed by atoms with Crippen molar-refractivity contribution >= 4 is 0 Å². The first-order valence-electron chi connectivity index (χ1n) is 7.13. The molecule has 18 heavy (non-hydrogen) atoms. The Morgan fingerprint density at radius 2 is 1.94 bits per heavy atom. The number of rotatable bonds is 3. The molecule has 0 aromatic carbocycles. The molecular weight excluding hydrogens is 222 g/mol. The summed E-state index contributed by atoms with van der Waals surface area (Å²) in [6, 6.07) is 2.63. The van der Waals surface area contributed by atoms with Gasteiger partial charge in [0.1, 0.15) is 5.82 Å². The molecule has 1 aromatic rings. The van der Waals surface area contributed by atoms with Crippen LogP contribution in [0.2, 0.25) is 0 Å². The normalized spacial score (nSPS) is 19.8. The molecule has 0 radical (unpaired) electrons. The van der Waals surface area contributed by atoms with E-state index in [0.29, 0.717) is 0 Å². The summed E-state index contributed by atoms with van der Waals surface area (Å²) < 4.78 is 2.06. The summed E-state index contributed by atoms with van der Waals surface area (Å²) in [5, 5.41) is 9.58. The van der Waals surface area contributed by atoms with Gasteiger partial charge in [-0.15, -0.1) is 0 Å². The van der Waals surface area contributed by atoms with Crippen LogP contribution >= 0.6 is 0 Å². The number of imidazole rings is 1. The molecule has 1 fully saturated rings. The van der Waals surface area contributed by atoms with Gasteiger partial charge < -0.3 is 4.57 Å². The molecule has 0 spiro atoms. The molecular formula is C15H23N3. The van der Waals surface area contributed by atoms with Crippen LogP contribution in [0.1, 0.15) is 57.2 Å². The van der Waals surface area contributed by atoms with Crippen molar-refractivity contribution in [3.8, 4) is 6.07 Å². The molecule has 0 atom stereocenters. The van der Waals surface area contributed by atoms with Crippen molar-refractivity contribution in [3.63, 3.8) is 0 Å². The van der Waals surface area contributed by atoms with E-state index >= 15 is 0 Å². The van der Waals surface area contributed by atoms with Gasteiger partial charge in [0.2, 0.25) is 0 Å². The van der Waals surface area contributed by atoms with E-state index in [9.17, 15) is 5.26 Å². The molecule has 2 rings (SSSR count). The van der Waals surface area contributed by atoms with Gasteiger partial charge in [-0.1, -0.05) is 32.1 Å². The minimum atomic E-state index is -0.0909. The van der Waals surface area contributed by atoms with Crippen LogP contribution < -0.4 is 0 Å². The Morgan fingerprint density at radius 3 is 2.50 bits per heavy atom. The van der Waals surface area contributed by atoms with Crippen LogP contribution in [0.3, 0.4) is 0 Å².